The summed E-state index contributed by atoms with van der Waals surface area (Å²) in [5.41, 5.74) is 0. The van der Waals surface area contributed by atoms with Gasteiger partial charge < -0.3 is 4.43 Å². The third kappa shape index (κ3) is 1.52. The Morgan fingerprint density at radius 3 is 2.50 bits per heavy atom. The zero-order chi connectivity index (χ0) is 7.72. The summed E-state index contributed by atoms with van der Waals surface area (Å²) < 4.78 is 41.5. The molecule has 1 rings (SSSR count). The van der Waals surface area contributed by atoms with Gasteiger partial charge in [-0.3, -0.25) is 0 Å². The van der Waals surface area contributed by atoms with Crippen molar-refractivity contribution in [2.45, 2.75) is 31.3 Å². The van der Waals surface area contributed by atoms with E-state index in [-0.39, 0.29) is 6.04 Å². The zero-order valence-corrected chi connectivity index (χ0v) is 6.71. The van der Waals surface area contributed by atoms with Gasteiger partial charge in [-0.1, -0.05) is 0 Å². The summed E-state index contributed by atoms with van der Waals surface area (Å²) in [7, 11) is -1.74. The van der Waals surface area contributed by atoms with Crippen molar-refractivity contribution >= 4 is 9.04 Å². The molecule has 0 N–H and O–H groups in total. The summed E-state index contributed by atoms with van der Waals surface area (Å²) in [5, 5.41) is 0. The zero-order valence-electron chi connectivity index (χ0n) is 5.56. The van der Waals surface area contributed by atoms with Crippen molar-refractivity contribution in [1.82, 2.24) is 0 Å². The molecule has 1 aliphatic rings. The Bertz CT molecular complexity index is 111. The fraction of sp³-hybridized carbons (Fsp3) is 1.00. The molecule has 0 aromatic rings. The third-order valence-electron chi connectivity index (χ3n) is 1.52. The Hall–Kier alpha value is -0.0331. The van der Waals surface area contributed by atoms with Crippen molar-refractivity contribution in [3.63, 3.8) is 0 Å². The second-order valence-electron chi connectivity index (χ2n) is 2.49. The second kappa shape index (κ2) is 2.92. The molecule has 0 aliphatic carbocycles. The highest BCUT2D eigenvalue weighted by atomic mass is 28.3. The molecule has 10 heavy (non-hydrogen) atoms. The molecule has 0 amide bonds. The number of hydrogen-bond acceptors (Lipinski definition) is 1. The number of rotatable bonds is 0. The lowest BCUT2D eigenvalue weighted by molar-refractivity contribution is -0.0545. The van der Waals surface area contributed by atoms with Gasteiger partial charge in [0.2, 0.25) is 6.36 Å². The highest BCUT2D eigenvalue weighted by molar-refractivity contribution is 6.50. The molecule has 0 radical (unpaired) electrons. The number of halogens is 3. The molecule has 0 aromatic heterocycles. The van der Waals surface area contributed by atoms with Gasteiger partial charge in [0.05, 0.1) is 0 Å². The maximum absolute atomic E-state index is 12.4. The van der Waals surface area contributed by atoms with Gasteiger partial charge in [0.1, 0.15) is 6.17 Å². The molecule has 0 aromatic carbocycles. The lowest BCUT2D eigenvalue weighted by Crippen LogP contribution is -2.42. The molecule has 0 bridgehead atoms. The molecule has 60 valence electrons. The first-order valence-electron chi connectivity index (χ1n) is 3.19. The van der Waals surface area contributed by atoms with Gasteiger partial charge in [-0.2, -0.15) is 0 Å². The summed E-state index contributed by atoms with van der Waals surface area (Å²) in [6.07, 6.45) is -5.74. The highest BCUT2D eigenvalue weighted by Crippen LogP contribution is 2.24. The largest absolute Gasteiger partial charge is 0.390 e. The van der Waals surface area contributed by atoms with Crippen LogP contribution in [0.4, 0.5) is 13.2 Å². The molecule has 0 spiro atoms. The van der Waals surface area contributed by atoms with Crippen LogP contribution in [0.5, 0.6) is 0 Å². The van der Waals surface area contributed by atoms with E-state index < -0.39 is 27.7 Å². The van der Waals surface area contributed by atoms with Gasteiger partial charge >= 0.3 is 0 Å². The van der Waals surface area contributed by atoms with E-state index in [1.165, 1.54) is 0 Å². The van der Waals surface area contributed by atoms with Crippen molar-refractivity contribution in [3.05, 3.63) is 0 Å². The minimum Gasteiger partial charge on any atom is -0.390 e. The summed E-state index contributed by atoms with van der Waals surface area (Å²) in [6.45, 7) is 1.66. The molecule has 0 saturated carbocycles. The van der Waals surface area contributed by atoms with Gasteiger partial charge in [0.25, 0.3) is 0 Å². The van der Waals surface area contributed by atoms with Gasteiger partial charge in [-0.15, -0.1) is 0 Å². The second-order valence-corrected chi connectivity index (χ2v) is 4.86. The van der Waals surface area contributed by atoms with E-state index in [0.29, 0.717) is 0 Å². The molecule has 4 unspecified atom stereocenters. The minimum atomic E-state index is -2.07. The normalized spacial score (nSPS) is 49.2. The Morgan fingerprint density at radius 2 is 2.00 bits per heavy atom. The number of alkyl halides is 3. The Labute approximate surface area is 58.9 Å². The summed E-state index contributed by atoms with van der Waals surface area (Å²) >= 11 is 0. The topological polar surface area (TPSA) is 9.23 Å². The van der Waals surface area contributed by atoms with Crippen LogP contribution in [-0.2, 0) is 4.43 Å². The van der Waals surface area contributed by atoms with Gasteiger partial charge in [-0.25, -0.2) is 13.2 Å². The molecule has 1 saturated heterocycles. The highest BCUT2D eigenvalue weighted by Gasteiger charge is 2.38. The maximum Gasteiger partial charge on any atom is 0.224 e. The molecule has 1 heterocycles. The number of hydrogen-bond donors (Lipinski definition) is 0. The molecule has 1 aliphatic heterocycles. The third-order valence-corrected chi connectivity index (χ3v) is 3.35. The molecule has 5 heteroatoms. The predicted octanol–water partition coefficient (Wildman–Crippen LogP) is 1.34. The first-order valence-corrected chi connectivity index (χ1v) is 5.63. The lowest BCUT2D eigenvalue weighted by Gasteiger charge is -2.27. The first-order chi connectivity index (χ1) is 4.61. The predicted molar refractivity (Wildman–Crippen MR) is 33.6 cm³/mol. The smallest absolute Gasteiger partial charge is 0.224 e. The summed E-state index contributed by atoms with van der Waals surface area (Å²) in [4.78, 5) is 0. The quantitative estimate of drug-likeness (QED) is 0.498. The van der Waals surface area contributed by atoms with Crippen LogP contribution in [0.1, 0.15) is 0 Å². The van der Waals surface area contributed by atoms with Crippen LogP contribution in [-0.4, -0.2) is 27.7 Å². The summed E-state index contributed by atoms with van der Waals surface area (Å²) in [6, 6.07) is 0.0849. The van der Waals surface area contributed by atoms with E-state index in [4.69, 9.17) is 0 Å². The molecule has 1 nitrogen and oxygen atoms in total. The van der Waals surface area contributed by atoms with E-state index >= 15 is 0 Å². The maximum atomic E-state index is 12.4. The summed E-state index contributed by atoms with van der Waals surface area (Å²) in [5.74, 6) is 0. The van der Waals surface area contributed by atoms with E-state index in [9.17, 15) is 13.2 Å². The minimum absolute atomic E-state index is 0.0849. The Morgan fingerprint density at radius 1 is 1.40 bits per heavy atom. The first kappa shape index (κ1) is 8.07. The van der Waals surface area contributed by atoms with Gasteiger partial charge in [-0.05, 0) is 12.6 Å². The van der Waals surface area contributed by atoms with E-state index in [1.807, 2.05) is 0 Å². The van der Waals surface area contributed by atoms with E-state index in [2.05, 4.69) is 4.43 Å². The van der Waals surface area contributed by atoms with Crippen molar-refractivity contribution < 1.29 is 17.6 Å². The van der Waals surface area contributed by atoms with Crippen molar-refractivity contribution in [3.8, 4) is 0 Å². The van der Waals surface area contributed by atoms with Crippen molar-refractivity contribution in [2.24, 2.45) is 0 Å². The molecular formula is C5H9F3OSi. The average Bonchev–Trinajstić information content (AvgIpc) is 1.82. The molecular weight excluding hydrogens is 161 g/mol. The Kier molecular flexibility index (Phi) is 2.35. The van der Waals surface area contributed by atoms with Crippen LogP contribution < -0.4 is 0 Å². The monoisotopic (exact) mass is 170 g/mol. The van der Waals surface area contributed by atoms with Crippen LogP contribution in [0.3, 0.4) is 0 Å². The van der Waals surface area contributed by atoms with Gasteiger partial charge in [0, 0.05) is 0 Å². The van der Waals surface area contributed by atoms with Crippen LogP contribution >= 0.6 is 0 Å². The lowest BCUT2D eigenvalue weighted by atomic mass is 10.3. The van der Waals surface area contributed by atoms with Crippen molar-refractivity contribution in [1.29, 1.82) is 0 Å². The Balaban J connectivity index is 2.49. The van der Waals surface area contributed by atoms with Crippen LogP contribution in [0.15, 0.2) is 0 Å². The fourth-order valence-corrected chi connectivity index (χ4v) is 2.56. The van der Waals surface area contributed by atoms with Crippen LogP contribution in [0.2, 0.25) is 12.6 Å². The molecule has 4 atom stereocenters. The molecule has 1 fully saturated rings. The van der Waals surface area contributed by atoms with Gasteiger partial charge in [0.15, 0.2) is 15.2 Å². The van der Waals surface area contributed by atoms with E-state index in [1.54, 1.807) is 6.55 Å². The van der Waals surface area contributed by atoms with Crippen molar-refractivity contribution in [2.75, 3.05) is 0 Å². The fourth-order valence-electron chi connectivity index (χ4n) is 0.964. The van der Waals surface area contributed by atoms with Crippen LogP contribution in [0, 0.1) is 0 Å². The standard InChI is InChI=1S/C5H9F3OSi/c1-10-2-3(6)4(7)5(8)9-10/h3-5,10H,2H2,1H3. The van der Waals surface area contributed by atoms with Crippen LogP contribution in [0.25, 0.3) is 0 Å². The SMILES string of the molecule is C[SiH]1CC(F)C(F)C(F)O1. The van der Waals surface area contributed by atoms with E-state index in [0.717, 1.165) is 0 Å². The average molecular weight is 170 g/mol.